The predicted molar refractivity (Wildman–Crippen MR) is 126 cm³/mol. The molecule has 6 heteroatoms. The lowest BCUT2D eigenvalue weighted by molar-refractivity contribution is 0.474. The van der Waals surface area contributed by atoms with Crippen LogP contribution in [-0.2, 0) is 0 Å². The van der Waals surface area contributed by atoms with Gasteiger partial charge in [0.25, 0.3) is 0 Å². The minimum absolute atomic E-state index is 0.00322. The zero-order chi connectivity index (χ0) is 21.3. The fourth-order valence-electron chi connectivity index (χ4n) is 3.13. The van der Waals surface area contributed by atoms with Crippen LogP contribution in [0.5, 0.6) is 5.75 Å². The Morgan fingerprint density at radius 3 is 2.67 bits per heavy atom. The second kappa shape index (κ2) is 8.62. The molecule has 1 atom stereocenters. The Morgan fingerprint density at radius 2 is 1.93 bits per heavy atom. The highest BCUT2D eigenvalue weighted by atomic mass is 79.9. The molecule has 0 amide bonds. The largest absolute Gasteiger partial charge is 0.506 e. The first-order valence-electron chi connectivity index (χ1n) is 9.67. The Labute approximate surface area is 188 Å². The number of nitrogens with zero attached hydrogens (tertiary/aromatic N) is 2. The van der Waals surface area contributed by atoms with Crippen molar-refractivity contribution in [2.24, 2.45) is 4.99 Å². The van der Waals surface area contributed by atoms with Gasteiger partial charge in [0.2, 0.25) is 5.89 Å². The van der Waals surface area contributed by atoms with Crippen LogP contribution in [-0.4, -0.2) is 16.3 Å². The van der Waals surface area contributed by atoms with Crippen molar-refractivity contribution in [2.45, 2.75) is 26.2 Å². The fourth-order valence-corrected chi connectivity index (χ4v) is 3.96. The highest BCUT2D eigenvalue weighted by molar-refractivity contribution is 9.10. The van der Waals surface area contributed by atoms with Crippen LogP contribution < -0.4 is 0 Å². The SMILES string of the molecule is CC[C@@H](C)c1ccc2oc(-c3ccc(N=Cc4cc(Br)cc(Cl)c4O)cc3)nc2c1. The van der Waals surface area contributed by atoms with E-state index in [0.29, 0.717) is 17.4 Å². The second-order valence-electron chi connectivity index (χ2n) is 7.19. The van der Waals surface area contributed by atoms with Crippen LogP contribution in [0.15, 0.2) is 68.5 Å². The highest BCUT2D eigenvalue weighted by Gasteiger charge is 2.11. The summed E-state index contributed by atoms with van der Waals surface area (Å²) in [6, 6.07) is 17.2. The van der Waals surface area contributed by atoms with Gasteiger partial charge in [-0.1, -0.05) is 47.4 Å². The van der Waals surface area contributed by atoms with Gasteiger partial charge >= 0.3 is 0 Å². The van der Waals surface area contributed by atoms with E-state index in [1.165, 1.54) is 5.56 Å². The first-order valence-corrected chi connectivity index (χ1v) is 10.8. The minimum Gasteiger partial charge on any atom is -0.506 e. The maximum absolute atomic E-state index is 10.1. The molecule has 0 saturated carbocycles. The smallest absolute Gasteiger partial charge is 0.227 e. The van der Waals surface area contributed by atoms with Crippen molar-refractivity contribution in [3.05, 3.63) is 75.2 Å². The van der Waals surface area contributed by atoms with E-state index in [4.69, 9.17) is 16.0 Å². The van der Waals surface area contributed by atoms with Crippen molar-refractivity contribution in [3.63, 3.8) is 0 Å². The lowest BCUT2D eigenvalue weighted by Crippen LogP contribution is -1.90. The number of fused-ring (bicyclic) bond motifs is 1. The van der Waals surface area contributed by atoms with E-state index >= 15 is 0 Å². The van der Waals surface area contributed by atoms with Crippen molar-refractivity contribution in [1.29, 1.82) is 0 Å². The van der Waals surface area contributed by atoms with Crippen molar-refractivity contribution >= 4 is 50.5 Å². The third kappa shape index (κ3) is 4.27. The number of hydrogen-bond acceptors (Lipinski definition) is 4. The number of oxazole rings is 1. The molecule has 0 aliphatic rings. The second-order valence-corrected chi connectivity index (χ2v) is 8.51. The molecule has 0 aliphatic heterocycles. The van der Waals surface area contributed by atoms with Crippen molar-refractivity contribution < 1.29 is 9.52 Å². The molecule has 1 heterocycles. The first-order chi connectivity index (χ1) is 14.4. The lowest BCUT2D eigenvalue weighted by Gasteiger charge is -2.07. The van der Waals surface area contributed by atoms with Crippen molar-refractivity contribution in [2.75, 3.05) is 0 Å². The van der Waals surface area contributed by atoms with Gasteiger partial charge in [-0.05, 0) is 66.4 Å². The zero-order valence-corrected chi connectivity index (χ0v) is 18.9. The molecular formula is C24H20BrClN2O2. The van der Waals surface area contributed by atoms with E-state index in [1.54, 1.807) is 18.3 Å². The summed E-state index contributed by atoms with van der Waals surface area (Å²) in [6.07, 6.45) is 2.67. The molecule has 30 heavy (non-hydrogen) atoms. The van der Waals surface area contributed by atoms with Gasteiger partial charge in [-0.2, -0.15) is 0 Å². The summed E-state index contributed by atoms with van der Waals surface area (Å²) in [6.45, 7) is 4.39. The average Bonchev–Trinajstić information content (AvgIpc) is 3.18. The molecule has 1 N–H and O–H groups in total. The van der Waals surface area contributed by atoms with Gasteiger partial charge in [-0.25, -0.2) is 4.98 Å². The summed E-state index contributed by atoms with van der Waals surface area (Å²) in [7, 11) is 0. The van der Waals surface area contributed by atoms with E-state index in [0.717, 1.165) is 33.2 Å². The molecule has 4 rings (SSSR count). The Morgan fingerprint density at radius 1 is 1.17 bits per heavy atom. The number of aromatic nitrogens is 1. The molecule has 152 valence electrons. The van der Waals surface area contributed by atoms with Crippen LogP contribution >= 0.6 is 27.5 Å². The first kappa shape index (κ1) is 20.6. The van der Waals surface area contributed by atoms with Crippen molar-refractivity contribution in [1.82, 2.24) is 4.98 Å². The standard InChI is InChI=1S/C24H20BrClN2O2/c1-3-14(2)16-6-9-22-21(11-16)28-24(30-22)15-4-7-19(8-5-15)27-13-17-10-18(25)12-20(26)23(17)29/h4-14,29H,3H2,1-2H3/t14-/m1/s1. The lowest BCUT2D eigenvalue weighted by atomic mass is 9.98. The minimum atomic E-state index is 0.00322. The molecular weight excluding hydrogens is 464 g/mol. The van der Waals surface area contributed by atoms with E-state index in [-0.39, 0.29) is 10.8 Å². The van der Waals surface area contributed by atoms with E-state index < -0.39 is 0 Å². The molecule has 0 unspecified atom stereocenters. The molecule has 4 aromatic rings. The topological polar surface area (TPSA) is 58.6 Å². The monoisotopic (exact) mass is 482 g/mol. The molecule has 0 saturated heterocycles. The normalized spacial score (nSPS) is 12.7. The van der Waals surface area contributed by atoms with Gasteiger partial charge in [-0.15, -0.1) is 0 Å². The maximum Gasteiger partial charge on any atom is 0.227 e. The summed E-state index contributed by atoms with van der Waals surface area (Å²) in [5.41, 5.74) is 5.07. The number of phenolic OH excluding ortho intramolecular Hbond substituents is 1. The number of aromatic hydroxyl groups is 1. The summed E-state index contributed by atoms with van der Waals surface area (Å²) >= 11 is 9.36. The van der Waals surface area contributed by atoms with E-state index in [9.17, 15) is 5.11 Å². The summed E-state index contributed by atoms with van der Waals surface area (Å²) in [5, 5.41) is 10.3. The van der Waals surface area contributed by atoms with Gasteiger partial charge in [0.15, 0.2) is 5.58 Å². The predicted octanol–water partition coefficient (Wildman–Crippen LogP) is 7.88. The Balaban J connectivity index is 1.58. The molecule has 0 bridgehead atoms. The van der Waals surface area contributed by atoms with E-state index in [2.05, 4.69) is 51.9 Å². The molecule has 0 spiro atoms. The third-order valence-electron chi connectivity index (χ3n) is 5.12. The Hall–Kier alpha value is -2.63. The van der Waals surface area contributed by atoms with Crippen LogP contribution in [0.1, 0.15) is 37.3 Å². The summed E-state index contributed by atoms with van der Waals surface area (Å²) in [5.74, 6) is 1.08. The van der Waals surface area contributed by atoms with Gasteiger partial charge in [0.1, 0.15) is 11.3 Å². The van der Waals surface area contributed by atoms with Gasteiger partial charge in [0, 0.05) is 21.8 Å². The van der Waals surface area contributed by atoms with Crippen LogP contribution in [0.25, 0.3) is 22.6 Å². The Bertz CT molecular complexity index is 1230. The van der Waals surface area contributed by atoms with Gasteiger partial charge in [-0.3, -0.25) is 4.99 Å². The third-order valence-corrected chi connectivity index (χ3v) is 5.86. The number of halogens is 2. The van der Waals surface area contributed by atoms with Crippen LogP contribution in [0.3, 0.4) is 0 Å². The molecule has 4 nitrogen and oxygen atoms in total. The molecule has 0 aliphatic carbocycles. The number of rotatable bonds is 5. The maximum atomic E-state index is 10.1. The average molecular weight is 484 g/mol. The number of benzene rings is 3. The zero-order valence-electron chi connectivity index (χ0n) is 16.6. The van der Waals surface area contributed by atoms with E-state index in [1.807, 2.05) is 30.3 Å². The molecule has 0 fully saturated rings. The number of aliphatic imine (C=N–C) groups is 1. The van der Waals surface area contributed by atoms with Crippen LogP contribution in [0, 0.1) is 0 Å². The molecule has 1 aromatic heterocycles. The Kier molecular flexibility index (Phi) is 5.93. The fraction of sp³-hybridized carbons (Fsp3) is 0.167. The van der Waals surface area contributed by atoms with Crippen LogP contribution in [0.4, 0.5) is 5.69 Å². The van der Waals surface area contributed by atoms with Gasteiger partial charge in [0.05, 0.1) is 10.7 Å². The summed E-state index contributed by atoms with van der Waals surface area (Å²) in [4.78, 5) is 9.08. The quantitative estimate of drug-likeness (QED) is 0.294. The van der Waals surface area contributed by atoms with Crippen LogP contribution in [0.2, 0.25) is 5.02 Å². The highest BCUT2D eigenvalue weighted by Crippen LogP contribution is 2.31. The number of phenols is 1. The van der Waals surface area contributed by atoms with Crippen molar-refractivity contribution in [3.8, 4) is 17.2 Å². The van der Waals surface area contributed by atoms with Gasteiger partial charge < -0.3 is 9.52 Å². The number of hydrogen-bond donors (Lipinski definition) is 1. The molecule has 0 radical (unpaired) electrons. The summed E-state index contributed by atoms with van der Waals surface area (Å²) < 4.78 is 6.70. The molecule has 3 aromatic carbocycles.